The standard InChI is InChI=1S/C10H11Cl2NO3S2/c11-9-5-8(10(12)17-9)18(15,16)13-4-2-1-3-7(13)6-14/h5-7H,1-4H2. The number of carbonyl (C=O) groups excluding carboxylic acids is 1. The van der Waals surface area contributed by atoms with Gasteiger partial charge in [0.25, 0.3) is 0 Å². The largest absolute Gasteiger partial charge is 0.302 e. The van der Waals surface area contributed by atoms with Crippen LogP contribution in [0.1, 0.15) is 19.3 Å². The third-order valence-corrected chi connectivity index (χ3v) is 6.54. The summed E-state index contributed by atoms with van der Waals surface area (Å²) in [6.07, 6.45) is 2.84. The summed E-state index contributed by atoms with van der Waals surface area (Å²) in [6.45, 7) is 0.343. The lowest BCUT2D eigenvalue weighted by Gasteiger charge is -2.30. The zero-order valence-electron chi connectivity index (χ0n) is 9.30. The predicted octanol–water partition coefficient (Wildman–Crippen LogP) is 2.80. The van der Waals surface area contributed by atoms with Crippen LogP contribution in [0.3, 0.4) is 0 Å². The Balaban J connectivity index is 2.41. The summed E-state index contributed by atoms with van der Waals surface area (Å²) in [7, 11) is -3.74. The van der Waals surface area contributed by atoms with Crippen molar-refractivity contribution >= 4 is 50.8 Å². The molecule has 0 aliphatic carbocycles. The van der Waals surface area contributed by atoms with E-state index < -0.39 is 16.1 Å². The quantitative estimate of drug-likeness (QED) is 0.802. The highest BCUT2D eigenvalue weighted by atomic mass is 35.5. The van der Waals surface area contributed by atoms with Gasteiger partial charge in [0, 0.05) is 6.54 Å². The van der Waals surface area contributed by atoms with E-state index in [-0.39, 0.29) is 9.23 Å². The minimum Gasteiger partial charge on any atom is -0.302 e. The van der Waals surface area contributed by atoms with Crippen LogP contribution in [0.5, 0.6) is 0 Å². The van der Waals surface area contributed by atoms with E-state index >= 15 is 0 Å². The number of nitrogens with zero attached hydrogens (tertiary/aromatic N) is 1. The summed E-state index contributed by atoms with van der Waals surface area (Å²) in [5.41, 5.74) is 0. The van der Waals surface area contributed by atoms with Gasteiger partial charge in [-0.05, 0) is 18.9 Å². The normalized spacial score (nSPS) is 22.0. The Morgan fingerprint density at radius 1 is 1.39 bits per heavy atom. The molecule has 0 N–H and O–H groups in total. The first-order valence-corrected chi connectivity index (χ1v) is 8.40. The Labute approximate surface area is 120 Å². The molecule has 0 amide bonds. The van der Waals surface area contributed by atoms with Crippen LogP contribution in [0.15, 0.2) is 11.0 Å². The van der Waals surface area contributed by atoms with Crippen molar-refractivity contribution in [2.75, 3.05) is 6.54 Å². The van der Waals surface area contributed by atoms with Crippen molar-refractivity contribution in [2.45, 2.75) is 30.2 Å². The van der Waals surface area contributed by atoms with Crippen LogP contribution in [0.4, 0.5) is 0 Å². The molecule has 1 aliphatic heterocycles. The second kappa shape index (κ2) is 5.46. The first-order chi connectivity index (χ1) is 8.46. The van der Waals surface area contributed by atoms with E-state index in [1.807, 2.05) is 0 Å². The van der Waals surface area contributed by atoms with Crippen molar-refractivity contribution < 1.29 is 13.2 Å². The van der Waals surface area contributed by atoms with Crippen LogP contribution >= 0.6 is 34.5 Å². The van der Waals surface area contributed by atoms with Gasteiger partial charge in [-0.1, -0.05) is 29.6 Å². The lowest BCUT2D eigenvalue weighted by molar-refractivity contribution is -0.111. The average molecular weight is 328 g/mol. The monoisotopic (exact) mass is 327 g/mol. The Hall–Kier alpha value is -0.140. The number of aldehydes is 1. The zero-order chi connectivity index (χ0) is 13.3. The first kappa shape index (κ1) is 14.3. The second-order valence-corrected chi connectivity index (χ2v) is 8.15. The number of thiophene rings is 1. The maximum atomic E-state index is 12.4. The second-order valence-electron chi connectivity index (χ2n) is 4.00. The number of rotatable bonds is 3. The van der Waals surface area contributed by atoms with Crippen LogP contribution in [0.25, 0.3) is 0 Å². The van der Waals surface area contributed by atoms with Crippen LogP contribution in [0.2, 0.25) is 8.67 Å². The van der Waals surface area contributed by atoms with Crippen LogP contribution in [0, 0.1) is 0 Å². The summed E-state index contributed by atoms with van der Waals surface area (Å²) in [4.78, 5) is 11.0. The maximum Gasteiger partial charge on any atom is 0.246 e. The molecule has 0 bridgehead atoms. The molecule has 1 saturated heterocycles. The molecular weight excluding hydrogens is 317 g/mol. The number of hydrogen-bond donors (Lipinski definition) is 0. The molecule has 0 saturated carbocycles. The van der Waals surface area contributed by atoms with Gasteiger partial charge in [-0.15, -0.1) is 11.3 Å². The number of halogens is 2. The number of sulfonamides is 1. The predicted molar refractivity (Wildman–Crippen MR) is 71.9 cm³/mol. The molecule has 100 valence electrons. The van der Waals surface area contributed by atoms with Gasteiger partial charge >= 0.3 is 0 Å². The lowest BCUT2D eigenvalue weighted by atomic mass is 10.1. The van der Waals surface area contributed by atoms with E-state index in [9.17, 15) is 13.2 Å². The third-order valence-electron chi connectivity index (χ3n) is 2.87. The molecule has 1 aromatic heterocycles. The minimum absolute atomic E-state index is 0.00656. The van der Waals surface area contributed by atoms with Gasteiger partial charge in [0.1, 0.15) is 15.5 Å². The highest BCUT2D eigenvalue weighted by Gasteiger charge is 2.35. The molecule has 1 unspecified atom stereocenters. The van der Waals surface area contributed by atoms with Crippen LogP contribution < -0.4 is 0 Å². The van der Waals surface area contributed by atoms with Crippen molar-refractivity contribution in [2.24, 2.45) is 0 Å². The van der Waals surface area contributed by atoms with E-state index in [0.29, 0.717) is 23.6 Å². The molecular formula is C10H11Cl2NO3S2. The Bertz CT molecular complexity index is 555. The van der Waals surface area contributed by atoms with Gasteiger partial charge in [0.05, 0.1) is 10.4 Å². The van der Waals surface area contributed by atoms with E-state index in [4.69, 9.17) is 23.2 Å². The third kappa shape index (κ3) is 2.58. The zero-order valence-corrected chi connectivity index (χ0v) is 12.4. The highest BCUT2D eigenvalue weighted by Crippen LogP contribution is 2.37. The van der Waals surface area contributed by atoms with Gasteiger partial charge < -0.3 is 4.79 Å². The van der Waals surface area contributed by atoms with Crippen LogP contribution in [-0.2, 0) is 14.8 Å². The highest BCUT2D eigenvalue weighted by molar-refractivity contribution is 7.89. The molecule has 18 heavy (non-hydrogen) atoms. The average Bonchev–Trinajstić information content (AvgIpc) is 2.69. The molecule has 1 atom stereocenters. The first-order valence-electron chi connectivity index (χ1n) is 5.39. The Morgan fingerprint density at radius 3 is 2.67 bits per heavy atom. The molecule has 2 heterocycles. The SMILES string of the molecule is O=CC1CCCCN1S(=O)(=O)c1cc(Cl)sc1Cl. The number of piperidine rings is 1. The molecule has 1 aromatic rings. The fourth-order valence-corrected chi connectivity index (χ4v) is 5.74. The summed E-state index contributed by atoms with van der Waals surface area (Å²) in [6, 6.07) is 0.735. The van der Waals surface area contributed by atoms with Crippen molar-refractivity contribution in [3.63, 3.8) is 0 Å². The van der Waals surface area contributed by atoms with E-state index in [1.54, 1.807) is 0 Å². The van der Waals surface area contributed by atoms with Crippen molar-refractivity contribution in [1.82, 2.24) is 4.31 Å². The molecule has 1 fully saturated rings. The topological polar surface area (TPSA) is 54.5 Å². The van der Waals surface area contributed by atoms with Gasteiger partial charge in [0.15, 0.2) is 0 Å². The molecule has 2 rings (SSSR count). The van der Waals surface area contributed by atoms with Crippen molar-refractivity contribution in [1.29, 1.82) is 0 Å². The van der Waals surface area contributed by atoms with Crippen molar-refractivity contribution in [3.05, 3.63) is 14.7 Å². The van der Waals surface area contributed by atoms with Crippen molar-refractivity contribution in [3.8, 4) is 0 Å². The lowest BCUT2D eigenvalue weighted by Crippen LogP contribution is -2.44. The molecule has 0 aromatic carbocycles. The summed E-state index contributed by atoms with van der Waals surface area (Å²) >= 11 is 12.6. The molecule has 1 aliphatic rings. The molecule has 4 nitrogen and oxygen atoms in total. The van der Waals surface area contributed by atoms with Crippen LogP contribution in [-0.4, -0.2) is 31.6 Å². The fraction of sp³-hybridized carbons (Fsp3) is 0.500. The minimum atomic E-state index is -3.74. The number of hydrogen-bond acceptors (Lipinski definition) is 4. The Morgan fingerprint density at radius 2 is 2.11 bits per heavy atom. The molecule has 0 spiro atoms. The smallest absolute Gasteiger partial charge is 0.246 e. The summed E-state index contributed by atoms with van der Waals surface area (Å²) < 4.78 is 26.5. The Kier molecular flexibility index (Phi) is 4.33. The van der Waals surface area contributed by atoms with Gasteiger partial charge in [-0.3, -0.25) is 0 Å². The fourth-order valence-electron chi connectivity index (χ4n) is 1.99. The van der Waals surface area contributed by atoms with Gasteiger partial charge in [-0.2, -0.15) is 4.31 Å². The maximum absolute atomic E-state index is 12.4. The summed E-state index contributed by atoms with van der Waals surface area (Å²) in [5.74, 6) is 0. The summed E-state index contributed by atoms with van der Waals surface area (Å²) in [5, 5.41) is 0. The van der Waals surface area contributed by atoms with E-state index in [2.05, 4.69) is 0 Å². The number of carbonyl (C=O) groups is 1. The van der Waals surface area contributed by atoms with E-state index in [1.165, 1.54) is 10.4 Å². The molecule has 0 radical (unpaired) electrons. The van der Waals surface area contributed by atoms with Gasteiger partial charge in [-0.25, -0.2) is 8.42 Å². The van der Waals surface area contributed by atoms with E-state index in [0.717, 1.165) is 24.2 Å². The molecule has 8 heteroatoms. The van der Waals surface area contributed by atoms with Gasteiger partial charge in [0.2, 0.25) is 10.0 Å².